The standard InChI is InChI=1S/C15H12FIO3/c1-8-5-3-4-6-9(8)10-7-11(15(18)19)14(20-2)13(17)12(10)16/h3-7H,1-2H3,(H,18,19). The maximum absolute atomic E-state index is 14.5. The molecular weight excluding hydrogens is 374 g/mol. The van der Waals surface area contributed by atoms with Crippen molar-refractivity contribution >= 4 is 28.6 Å². The number of hydrogen-bond acceptors (Lipinski definition) is 2. The summed E-state index contributed by atoms with van der Waals surface area (Å²) in [6.07, 6.45) is 0. The van der Waals surface area contributed by atoms with E-state index in [0.29, 0.717) is 5.56 Å². The van der Waals surface area contributed by atoms with Gasteiger partial charge in [0.05, 0.1) is 10.7 Å². The number of carboxylic acid groups (broad SMARTS) is 1. The molecule has 0 amide bonds. The van der Waals surface area contributed by atoms with Crippen molar-refractivity contribution in [1.82, 2.24) is 0 Å². The molecule has 104 valence electrons. The minimum absolute atomic E-state index is 0.0449. The first-order valence-electron chi connectivity index (χ1n) is 5.82. The summed E-state index contributed by atoms with van der Waals surface area (Å²) >= 11 is 1.76. The van der Waals surface area contributed by atoms with Gasteiger partial charge in [0.1, 0.15) is 17.1 Å². The molecule has 2 aromatic rings. The molecule has 5 heteroatoms. The largest absolute Gasteiger partial charge is 0.495 e. The van der Waals surface area contributed by atoms with Crippen LogP contribution in [0.2, 0.25) is 0 Å². The summed E-state index contributed by atoms with van der Waals surface area (Å²) in [5.41, 5.74) is 1.78. The van der Waals surface area contributed by atoms with Crippen LogP contribution in [0.3, 0.4) is 0 Å². The van der Waals surface area contributed by atoms with Crippen LogP contribution in [0.1, 0.15) is 15.9 Å². The van der Waals surface area contributed by atoms with Crippen LogP contribution in [0.15, 0.2) is 30.3 Å². The Balaban J connectivity index is 2.79. The van der Waals surface area contributed by atoms with E-state index in [9.17, 15) is 14.3 Å². The number of carbonyl (C=O) groups is 1. The maximum atomic E-state index is 14.5. The van der Waals surface area contributed by atoms with Crippen LogP contribution in [-0.4, -0.2) is 18.2 Å². The number of rotatable bonds is 3. The van der Waals surface area contributed by atoms with E-state index in [2.05, 4.69) is 0 Å². The number of aryl methyl sites for hydroxylation is 1. The lowest BCUT2D eigenvalue weighted by molar-refractivity contribution is 0.0693. The molecule has 0 atom stereocenters. The summed E-state index contributed by atoms with van der Waals surface area (Å²) in [4.78, 5) is 11.3. The van der Waals surface area contributed by atoms with Gasteiger partial charge in [-0.3, -0.25) is 0 Å². The number of aromatic carboxylic acids is 1. The van der Waals surface area contributed by atoms with Crippen LogP contribution in [-0.2, 0) is 0 Å². The lowest BCUT2D eigenvalue weighted by Crippen LogP contribution is -2.05. The molecular formula is C15H12FIO3. The van der Waals surface area contributed by atoms with E-state index < -0.39 is 11.8 Å². The Hall–Kier alpha value is -1.63. The molecule has 0 bridgehead atoms. The molecule has 3 nitrogen and oxygen atoms in total. The Morgan fingerprint density at radius 1 is 1.30 bits per heavy atom. The van der Waals surface area contributed by atoms with Crippen molar-refractivity contribution < 1.29 is 19.0 Å². The highest BCUT2D eigenvalue weighted by Gasteiger charge is 2.22. The molecule has 0 aliphatic rings. The quantitative estimate of drug-likeness (QED) is 0.808. The fourth-order valence-electron chi connectivity index (χ4n) is 2.04. The number of methoxy groups -OCH3 is 1. The second-order valence-corrected chi connectivity index (χ2v) is 5.33. The summed E-state index contributed by atoms with van der Waals surface area (Å²) in [5.74, 6) is -1.57. The van der Waals surface area contributed by atoms with Gasteiger partial charge < -0.3 is 9.84 Å². The molecule has 0 saturated heterocycles. The molecule has 20 heavy (non-hydrogen) atoms. The highest BCUT2D eigenvalue weighted by molar-refractivity contribution is 14.1. The van der Waals surface area contributed by atoms with Crippen molar-refractivity contribution in [2.75, 3.05) is 7.11 Å². The number of ether oxygens (including phenoxy) is 1. The predicted octanol–water partition coefficient (Wildman–Crippen LogP) is 4.11. The fourth-order valence-corrected chi connectivity index (χ4v) is 2.84. The van der Waals surface area contributed by atoms with Crippen LogP contribution >= 0.6 is 22.6 Å². The van der Waals surface area contributed by atoms with E-state index >= 15 is 0 Å². The van der Waals surface area contributed by atoms with Gasteiger partial charge in [-0.1, -0.05) is 24.3 Å². The van der Waals surface area contributed by atoms with Crippen LogP contribution in [0.25, 0.3) is 11.1 Å². The zero-order valence-electron chi connectivity index (χ0n) is 10.9. The first kappa shape index (κ1) is 14.8. The van der Waals surface area contributed by atoms with Crippen molar-refractivity contribution in [1.29, 1.82) is 0 Å². The Morgan fingerprint density at radius 2 is 1.95 bits per heavy atom. The van der Waals surface area contributed by atoms with Gasteiger partial charge in [0.15, 0.2) is 0 Å². The zero-order valence-corrected chi connectivity index (χ0v) is 13.1. The predicted molar refractivity (Wildman–Crippen MR) is 82.8 cm³/mol. The highest BCUT2D eigenvalue weighted by atomic mass is 127. The first-order chi connectivity index (χ1) is 9.47. The first-order valence-corrected chi connectivity index (χ1v) is 6.90. The second-order valence-electron chi connectivity index (χ2n) is 4.25. The van der Waals surface area contributed by atoms with Crippen LogP contribution < -0.4 is 4.74 Å². The fraction of sp³-hybridized carbons (Fsp3) is 0.133. The van der Waals surface area contributed by atoms with Gasteiger partial charge in [0.25, 0.3) is 0 Å². The summed E-state index contributed by atoms with van der Waals surface area (Å²) in [7, 11) is 1.33. The third-order valence-corrected chi connectivity index (χ3v) is 4.00. The van der Waals surface area contributed by atoms with Crippen molar-refractivity contribution in [2.24, 2.45) is 0 Å². The number of benzene rings is 2. The monoisotopic (exact) mass is 386 g/mol. The molecule has 0 saturated carbocycles. The Bertz CT molecular complexity index is 683. The molecule has 0 aromatic heterocycles. The van der Waals surface area contributed by atoms with Gasteiger partial charge in [-0.15, -0.1) is 0 Å². The third kappa shape index (κ3) is 2.49. The van der Waals surface area contributed by atoms with Crippen molar-refractivity contribution in [3.63, 3.8) is 0 Å². The van der Waals surface area contributed by atoms with E-state index in [1.54, 1.807) is 34.7 Å². The molecule has 0 spiro atoms. The normalized spacial score (nSPS) is 10.4. The van der Waals surface area contributed by atoms with E-state index in [0.717, 1.165) is 5.56 Å². The Kier molecular flexibility index (Phi) is 4.27. The summed E-state index contributed by atoms with van der Waals surface area (Å²) in [6, 6.07) is 8.58. The van der Waals surface area contributed by atoms with Gasteiger partial charge in [0, 0.05) is 5.56 Å². The third-order valence-electron chi connectivity index (χ3n) is 3.03. The van der Waals surface area contributed by atoms with Gasteiger partial charge in [0.2, 0.25) is 0 Å². The van der Waals surface area contributed by atoms with Crippen LogP contribution in [0.5, 0.6) is 5.75 Å². The Morgan fingerprint density at radius 3 is 2.50 bits per heavy atom. The molecule has 0 aliphatic carbocycles. The van der Waals surface area contributed by atoms with Crippen molar-refractivity contribution in [3.05, 3.63) is 50.8 Å². The molecule has 0 heterocycles. The molecule has 0 aliphatic heterocycles. The lowest BCUT2D eigenvalue weighted by atomic mass is 9.98. The highest BCUT2D eigenvalue weighted by Crippen LogP contribution is 2.36. The summed E-state index contributed by atoms with van der Waals surface area (Å²) in [5, 5.41) is 9.25. The number of hydrogen-bond donors (Lipinski definition) is 1. The average molecular weight is 386 g/mol. The van der Waals surface area contributed by atoms with E-state index in [1.165, 1.54) is 13.2 Å². The molecule has 2 rings (SSSR count). The summed E-state index contributed by atoms with van der Waals surface area (Å²) < 4.78 is 19.7. The SMILES string of the molecule is COc1c(C(=O)O)cc(-c2ccccc2C)c(F)c1I. The number of carboxylic acids is 1. The zero-order chi connectivity index (χ0) is 14.9. The number of halogens is 2. The van der Waals surface area contributed by atoms with Gasteiger partial charge in [-0.2, -0.15) is 0 Å². The second kappa shape index (κ2) is 5.78. The lowest BCUT2D eigenvalue weighted by Gasteiger charge is -2.13. The smallest absolute Gasteiger partial charge is 0.339 e. The van der Waals surface area contributed by atoms with Gasteiger partial charge in [-0.25, -0.2) is 9.18 Å². The molecule has 0 unspecified atom stereocenters. The van der Waals surface area contributed by atoms with Gasteiger partial charge >= 0.3 is 5.97 Å². The molecule has 2 aromatic carbocycles. The van der Waals surface area contributed by atoms with E-state index in [4.69, 9.17) is 4.74 Å². The van der Waals surface area contributed by atoms with E-state index in [1.807, 2.05) is 19.1 Å². The minimum Gasteiger partial charge on any atom is -0.495 e. The minimum atomic E-state index is -1.14. The topological polar surface area (TPSA) is 46.5 Å². The van der Waals surface area contributed by atoms with Crippen LogP contribution in [0, 0.1) is 16.3 Å². The van der Waals surface area contributed by atoms with Gasteiger partial charge in [-0.05, 0) is 46.7 Å². The molecule has 0 fully saturated rings. The average Bonchev–Trinajstić information content (AvgIpc) is 2.42. The van der Waals surface area contributed by atoms with Crippen LogP contribution in [0.4, 0.5) is 4.39 Å². The maximum Gasteiger partial charge on any atom is 0.339 e. The Labute approximate surface area is 129 Å². The van der Waals surface area contributed by atoms with E-state index in [-0.39, 0.29) is 20.4 Å². The van der Waals surface area contributed by atoms with Crippen molar-refractivity contribution in [3.8, 4) is 16.9 Å². The summed E-state index contributed by atoms with van der Waals surface area (Å²) in [6.45, 7) is 1.85. The molecule has 0 radical (unpaired) electrons. The molecule has 1 N–H and O–H groups in total. The van der Waals surface area contributed by atoms with Crippen molar-refractivity contribution in [2.45, 2.75) is 6.92 Å².